The van der Waals surface area contributed by atoms with Gasteiger partial charge in [-0.2, -0.15) is 0 Å². The summed E-state index contributed by atoms with van der Waals surface area (Å²) in [5.74, 6) is -0.792. The van der Waals surface area contributed by atoms with Crippen LogP contribution in [-0.2, 0) is 20.7 Å². The van der Waals surface area contributed by atoms with Gasteiger partial charge in [0.25, 0.3) is 0 Å². The standard InChI is InChI=1S/C17H25NO5/c1-17(2,3)23-16(21)18-13(14(19)15(20)22-4)11-10-12-8-6-5-7-9-12/h5-9,13-14,19H,10-11H2,1-4H3,(H,18,21). The maximum atomic E-state index is 11.9. The Morgan fingerprint density at radius 3 is 2.35 bits per heavy atom. The highest BCUT2D eigenvalue weighted by atomic mass is 16.6. The Kier molecular flexibility index (Phi) is 7.03. The Bertz CT molecular complexity index is 509. The molecule has 0 heterocycles. The topological polar surface area (TPSA) is 84.9 Å². The van der Waals surface area contributed by atoms with E-state index in [1.165, 1.54) is 7.11 Å². The van der Waals surface area contributed by atoms with E-state index in [1.54, 1.807) is 20.8 Å². The van der Waals surface area contributed by atoms with Crippen LogP contribution in [0.4, 0.5) is 4.79 Å². The van der Waals surface area contributed by atoms with Gasteiger partial charge in [-0.3, -0.25) is 0 Å². The number of hydrogen-bond acceptors (Lipinski definition) is 5. The lowest BCUT2D eigenvalue weighted by Crippen LogP contribution is -2.49. The number of hydrogen-bond donors (Lipinski definition) is 2. The zero-order chi connectivity index (χ0) is 17.5. The van der Waals surface area contributed by atoms with Crippen molar-refractivity contribution in [1.82, 2.24) is 5.32 Å². The average molecular weight is 323 g/mol. The normalized spacial score (nSPS) is 13.8. The van der Waals surface area contributed by atoms with E-state index < -0.39 is 29.8 Å². The molecular weight excluding hydrogens is 298 g/mol. The largest absolute Gasteiger partial charge is 0.467 e. The summed E-state index contributed by atoms with van der Waals surface area (Å²) in [4.78, 5) is 23.5. The van der Waals surface area contributed by atoms with Crippen molar-refractivity contribution in [3.63, 3.8) is 0 Å². The van der Waals surface area contributed by atoms with E-state index in [4.69, 9.17) is 4.74 Å². The molecule has 0 saturated heterocycles. The SMILES string of the molecule is COC(=O)C(O)C(CCc1ccccc1)NC(=O)OC(C)(C)C. The highest BCUT2D eigenvalue weighted by molar-refractivity contribution is 5.76. The number of carbonyl (C=O) groups is 2. The van der Waals surface area contributed by atoms with Crippen LogP contribution >= 0.6 is 0 Å². The molecule has 0 aliphatic rings. The fraction of sp³-hybridized carbons (Fsp3) is 0.529. The smallest absolute Gasteiger partial charge is 0.407 e. The first-order chi connectivity index (χ1) is 10.7. The van der Waals surface area contributed by atoms with E-state index in [0.29, 0.717) is 12.8 Å². The molecule has 6 heteroatoms. The number of rotatable bonds is 6. The van der Waals surface area contributed by atoms with Gasteiger partial charge in [-0.15, -0.1) is 0 Å². The average Bonchev–Trinajstić information content (AvgIpc) is 2.49. The zero-order valence-electron chi connectivity index (χ0n) is 14.0. The van der Waals surface area contributed by atoms with Crippen LogP contribution in [0.5, 0.6) is 0 Å². The van der Waals surface area contributed by atoms with Crippen molar-refractivity contribution in [2.75, 3.05) is 7.11 Å². The van der Waals surface area contributed by atoms with Crippen LogP contribution in [-0.4, -0.2) is 42.0 Å². The Balaban J connectivity index is 2.72. The molecular formula is C17H25NO5. The molecule has 1 aromatic carbocycles. The van der Waals surface area contributed by atoms with Crippen molar-refractivity contribution < 1.29 is 24.2 Å². The van der Waals surface area contributed by atoms with Crippen molar-refractivity contribution in [2.24, 2.45) is 0 Å². The lowest BCUT2D eigenvalue weighted by Gasteiger charge is -2.25. The third-order valence-electron chi connectivity index (χ3n) is 3.11. The summed E-state index contributed by atoms with van der Waals surface area (Å²) in [6.07, 6.45) is -1.16. The number of carbonyl (C=O) groups excluding carboxylic acids is 2. The lowest BCUT2D eigenvalue weighted by atomic mass is 10.0. The number of nitrogens with one attached hydrogen (secondary N) is 1. The number of aliphatic hydroxyl groups excluding tert-OH is 1. The van der Waals surface area contributed by atoms with Crippen LogP contribution in [0.3, 0.4) is 0 Å². The van der Waals surface area contributed by atoms with Gasteiger partial charge >= 0.3 is 12.1 Å². The number of methoxy groups -OCH3 is 1. The predicted molar refractivity (Wildman–Crippen MR) is 85.9 cm³/mol. The van der Waals surface area contributed by atoms with Gasteiger partial charge in [-0.05, 0) is 39.2 Å². The van der Waals surface area contributed by atoms with Crippen LogP contribution in [0, 0.1) is 0 Å². The Morgan fingerprint density at radius 1 is 1.22 bits per heavy atom. The molecule has 0 aliphatic carbocycles. The summed E-state index contributed by atoms with van der Waals surface area (Å²) in [6.45, 7) is 5.22. The fourth-order valence-electron chi connectivity index (χ4n) is 2.02. The molecule has 1 aromatic rings. The van der Waals surface area contributed by atoms with E-state index in [9.17, 15) is 14.7 Å². The first kappa shape index (κ1) is 19.0. The molecule has 0 aliphatic heterocycles. The van der Waals surface area contributed by atoms with Gasteiger partial charge in [0, 0.05) is 0 Å². The summed E-state index contributed by atoms with van der Waals surface area (Å²) < 4.78 is 9.72. The quantitative estimate of drug-likeness (QED) is 0.783. The first-order valence-electron chi connectivity index (χ1n) is 7.52. The number of amides is 1. The van der Waals surface area contributed by atoms with Crippen molar-refractivity contribution in [3.05, 3.63) is 35.9 Å². The molecule has 1 rings (SSSR count). The van der Waals surface area contributed by atoms with Crippen molar-refractivity contribution in [1.29, 1.82) is 0 Å². The highest BCUT2D eigenvalue weighted by Gasteiger charge is 2.29. The number of benzene rings is 1. The van der Waals surface area contributed by atoms with E-state index in [0.717, 1.165) is 5.56 Å². The third kappa shape index (κ3) is 7.15. The maximum absolute atomic E-state index is 11.9. The molecule has 2 N–H and O–H groups in total. The minimum atomic E-state index is -1.45. The number of ether oxygens (including phenoxy) is 2. The monoisotopic (exact) mass is 323 g/mol. The van der Waals surface area contributed by atoms with Crippen molar-refractivity contribution >= 4 is 12.1 Å². The second-order valence-corrected chi connectivity index (χ2v) is 6.24. The maximum Gasteiger partial charge on any atom is 0.407 e. The number of alkyl carbamates (subject to hydrolysis) is 1. The molecule has 0 fully saturated rings. The summed E-state index contributed by atoms with van der Waals surface area (Å²) in [7, 11) is 1.19. The van der Waals surface area contributed by atoms with Crippen LogP contribution < -0.4 is 5.32 Å². The Hall–Kier alpha value is -2.08. The van der Waals surface area contributed by atoms with Crippen molar-refractivity contribution in [3.8, 4) is 0 Å². The number of aryl methyl sites for hydroxylation is 1. The summed E-state index contributed by atoms with van der Waals surface area (Å²) in [5.41, 5.74) is 0.380. The summed E-state index contributed by atoms with van der Waals surface area (Å²) in [5, 5.41) is 12.6. The second kappa shape index (κ2) is 8.53. The lowest BCUT2D eigenvalue weighted by molar-refractivity contribution is -0.152. The molecule has 1 amide bonds. The van der Waals surface area contributed by atoms with Gasteiger partial charge in [0.15, 0.2) is 6.10 Å². The van der Waals surface area contributed by atoms with Gasteiger partial charge in [0.05, 0.1) is 13.2 Å². The van der Waals surface area contributed by atoms with Crippen LogP contribution in [0.25, 0.3) is 0 Å². The van der Waals surface area contributed by atoms with E-state index in [2.05, 4.69) is 10.1 Å². The van der Waals surface area contributed by atoms with Crippen LogP contribution in [0.2, 0.25) is 0 Å². The molecule has 0 aromatic heterocycles. The molecule has 0 bridgehead atoms. The molecule has 0 spiro atoms. The second-order valence-electron chi connectivity index (χ2n) is 6.24. The van der Waals surface area contributed by atoms with E-state index >= 15 is 0 Å². The number of aliphatic hydroxyl groups is 1. The number of esters is 1. The highest BCUT2D eigenvalue weighted by Crippen LogP contribution is 2.11. The van der Waals surface area contributed by atoms with Crippen molar-refractivity contribution in [2.45, 2.75) is 51.4 Å². The molecule has 2 unspecified atom stereocenters. The summed E-state index contributed by atoms with van der Waals surface area (Å²) >= 11 is 0. The van der Waals surface area contributed by atoms with Gasteiger partial charge in [-0.1, -0.05) is 30.3 Å². The predicted octanol–water partition coefficient (Wildman–Crippen LogP) is 2.05. The van der Waals surface area contributed by atoms with Gasteiger partial charge < -0.3 is 19.9 Å². The van der Waals surface area contributed by atoms with Gasteiger partial charge in [0.2, 0.25) is 0 Å². The Labute approximate surface area is 136 Å². The van der Waals surface area contributed by atoms with E-state index in [1.807, 2.05) is 30.3 Å². The minimum absolute atomic E-state index is 0.375. The Morgan fingerprint density at radius 2 is 1.83 bits per heavy atom. The fourth-order valence-corrected chi connectivity index (χ4v) is 2.02. The minimum Gasteiger partial charge on any atom is -0.467 e. The van der Waals surface area contributed by atoms with Gasteiger partial charge in [-0.25, -0.2) is 9.59 Å². The van der Waals surface area contributed by atoms with Gasteiger partial charge in [0.1, 0.15) is 5.60 Å². The third-order valence-corrected chi connectivity index (χ3v) is 3.11. The van der Waals surface area contributed by atoms with E-state index in [-0.39, 0.29) is 0 Å². The summed E-state index contributed by atoms with van der Waals surface area (Å²) in [6, 6.07) is 8.80. The van der Waals surface area contributed by atoms with Crippen LogP contribution in [0.1, 0.15) is 32.8 Å². The molecule has 6 nitrogen and oxygen atoms in total. The molecule has 2 atom stereocenters. The molecule has 128 valence electrons. The molecule has 0 radical (unpaired) electrons. The molecule has 23 heavy (non-hydrogen) atoms. The molecule has 0 saturated carbocycles. The first-order valence-corrected chi connectivity index (χ1v) is 7.52. The zero-order valence-corrected chi connectivity index (χ0v) is 14.0. The van der Waals surface area contributed by atoms with Crippen LogP contribution in [0.15, 0.2) is 30.3 Å².